The van der Waals surface area contributed by atoms with Crippen molar-refractivity contribution in [1.82, 2.24) is 10.2 Å². The maximum Gasteiger partial charge on any atom is 0.223 e. The van der Waals surface area contributed by atoms with E-state index in [0.29, 0.717) is 12.6 Å². The largest absolute Gasteiger partial charge is 0.352 e. The van der Waals surface area contributed by atoms with Crippen molar-refractivity contribution in [2.24, 2.45) is 5.92 Å². The van der Waals surface area contributed by atoms with Crippen molar-refractivity contribution in [1.29, 1.82) is 0 Å². The molecule has 3 aromatic rings. The molecule has 0 bridgehead atoms. The van der Waals surface area contributed by atoms with Crippen molar-refractivity contribution in [3.8, 4) is 0 Å². The van der Waals surface area contributed by atoms with E-state index in [9.17, 15) is 9.18 Å². The van der Waals surface area contributed by atoms with Crippen LogP contribution in [0, 0.1) is 18.7 Å². The number of hydrogen-bond acceptors (Lipinski definition) is 2. The average molecular weight is 435 g/mol. The predicted molar refractivity (Wildman–Crippen MR) is 131 cm³/mol. The van der Waals surface area contributed by atoms with Gasteiger partial charge in [0.2, 0.25) is 5.91 Å². The fourth-order valence-electron chi connectivity index (χ4n) is 4.61. The molecule has 170 valence electrons. The summed E-state index contributed by atoms with van der Waals surface area (Å²) < 4.78 is 13.5. The van der Waals surface area contributed by atoms with Crippen LogP contribution in [0.2, 0.25) is 0 Å². The molecule has 3 aromatic carbocycles. The Balaban J connectivity index is 0.00000141. The van der Waals surface area contributed by atoms with Crippen molar-refractivity contribution >= 4 is 16.7 Å². The molecule has 1 aliphatic rings. The van der Waals surface area contributed by atoms with Crippen molar-refractivity contribution in [2.75, 3.05) is 13.1 Å². The van der Waals surface area contributed by atoms with Gasteiger partial charge in [-0.25, -0.2) is 4.39 Å². The van der Waals surface area contributed by atoms with Gasteiger partial charge < -0.3 is 5.32 Å². The molecular weight excluding hydrogens is 399 g/mol. The Morgan fingerprint density at radius 3 is 2.47 bits per heavy atom. The standard InChI is InChI=1S/C26H29FN2O.C2H6/c1-18-14-20(16-23(27)15-18)17-28-26(30)22-10-12-29(13-11-22)19(2)24-9-5-7-21-6-3-4-8-25(21)24;1-2/h3-9,14-16,19,22H,10-13,17H2,1-2H3,(H,28,30);1-2H3. The summed E-state index contributed by atoms with van der Waals surface area (Å²) in [4.78, 5) is 15.1. The number of halogens is 1. The van der Waals surface area contributed by atoms with E-state index in [-0.39, 0.29) is 17.6 Å². The molecule has 32 heavy (non-hydrogen) atoms. The van der Waals surface area contributed by atoms with E-state index in [2.05, 4.69) is 59.6 Å². The van der Waals surface area contributed by atoms with E-state index >= 15 is 0 Å². The topological polar surface area (TPSA) is 32.3 Å². The van der Waals surface area contributed by atoms with Gasteiger partial charge in [-0.2, -0.15) is 0 Å². The lowest BCUT2D eigenvalue weighted by Gasteiger charge is -2.36. The first kappa shape index (κ1) is 23.9. The van der Waals surface area contributed by atoms with E-state index in [1.54, 1.807) is 0 Å². The fraction of sp³-hybridized carbons (Fsp3) is 0.393. The van der Waals surface area contributed by atoms with Gasteiger partial charge in [-0.1, -0.05) is 62.4 Å². The third kappa shape index (κ3) is 5.74. The summed E-state index contributed by atoms with van der Waals surface area (Å²) in [6.45, 7) is 10.3. The molecule has 4 heteroatoms. The van der Waals surface area contributed by atoms with Crippen molar-refractivity contribution < 1.29 is 9.18 Å². The molecule has 0 saturated carbocycles. The van der Waals surface area contributed by atoms with Gasteiger partial charge in [-0.15, -0.1) is 0 Å². The summed E-state index contributed by atoms with van der Waals surface area (Å²) in [5, 5.41) is 5.57. The minimum Gasteiger partial charge on any atom is -0.352 e. The smallest absolute Gasteiger partial charge is 0.223 e. The molecule has 1 amide bonds. The van der Waals surface area contributed by atoms with Crippen LogP contribution in [0.15, 0.2) is 60.7 Å². The van der Waals surface area contributed by atoms with Crippen LogP contribution < -0.4 is 5.32 Å². The zero-order chi connectivity index (χ0) is 23.1. The highest BCUT2D eigenvalue weighted by Gasteiger charge is 2.28. The van der Waals surface area contributed by atoms with Crippen molar-refractivity contribution in [3.05, 3.63) is 83.2 Å². The number of carbonyl (C=O) groups is 1. The van der Waals surface area contributed by atoms with Gasteiger partial charge in [0.25, 0.3) is 0 Å². The first-order valence-corrected chi connectivity index (χ1v) is 11.8. The Morgan fingerprint density at radius 2 is 1.75 bits per heavy atom. The minimum absolute atomic E-state index is 0.0237. The number of benzene rings is 3. The van der Waals surface area contributed by atoms with Crippen LogP contribution >= 0.6 is 0 Å². The molecule has 4 rings (SSSR count). The maximum atomic E-state index is 13.5. The van der Waals surface area contributed by atoms with Gasteiger partial charge >= 0.3 is 0 Å². The van der Waals surface area contributed by atoms with E-state index < -0.39 is 0 Å². The van der Waals surface area contributed by atoms with Crippen molar-refractivity contribution in [3.63, 3.8) is 0 Å². The molecule has 3 nitrogen and oxygen atoms in total. The monoisotopic (exact) mass is 434 g/mol. The molecule has 1 saturated heterocycles. The number of rotatable bonds is 5. The van der Waals surface area contributed by atoms with E-state index in [0.717, 1.165) is 37.1 Å². The number of amides is 1. The lowest BCUT2D eigenvalue weighted by molar-refractivity contribution is -0.126. The summed E-state index contributed by atoms with van der Waals surface area (Å²) in [5.74, 6) is -0.153. The fourth-order valence-corrected chi connectivity index (χ4v) is 4.61. The molecule has 1 fully saturated rings. The molecule has 1 aliphatic heterocycles. The van der Waals surface area contributed by atoms with Gasteiger partial charge in [-0.3, -0.25) is 9.69 Å². The zero-order valence-corrected chi connectivity index (χ0v) is 19.7. The quantitative estimate of drug-likeness (QED) is 0.504. The summed E-state index contributed by atoms with van der Waals surface area (Å²) in [5.41, 5.74) is 3.02. The minimum atomic E-state index is -0.255. The van der Waals surface area contributed by atoms with Crippen LogP contribution in [0.1, 0.15) is 56.3 Å². The lowest BCUT2D eigenvalue weighted by Crippen LogP contribution is -2.41. The number of fused-ring (bicyclic) bond motifs is 1. The first-order valence-electron chi connectivity index (χ1n) is 11.8. The summed E-state index contributed by atoms with van der Waals surface area (Å²) in [7, 11) is 0. The summed E-state index contributed by atoms with van der Waals surface area (Å²) in [6.07, 6.45) is 1.70. The van der Waals surface area contributed by atoms with Gasteiger partial charge in [0.1, 0.15) is 5.82 Å². The molecular formula is C28H35FN2O. The number of aryl methyl sites for hydroxylation is 1. The molecule has 0 spiro atoms. The van der Waals surface area contributed by atoms with Crippen LogP contribution in [0.5, 0.6) is 0 Å². The maximum absolute atomic E-state index is 13.5. The second-order valence-electron chi connectivity index (χ2n) is 8.41. The number of hydrogen-bond donors (Lipinski definition) is 1. The molecule has 1 unspecified atom stereocenters. The van der Waals surface area contributed by atoms with E-state index in [1.165, 1.54) is 28.5 Å². The van der Waals surface area contributed by atoms with Crippen LogP contribution in [-0.4, -0.2) is 23.9 Å². The Hall–Kier alpha value is -2.72. The second kappa shape index (κ2) is 11.2. The van der Waals surface area contributed by atoms with E-state index in [1.807, 2.05) is 26.8 Å². The molecule has 0 aromatic heterocycles. The third-order valence-corrected chi connectivity index (χ3v) is 6.29. The molecule has 1 N–H and O–H groups in total. The van der Waals surface area contributed by atoms with Gasteiger partial charge in [0.05, 0.1) is 0 Å². The molecule has 1 heterocycles. The summed E-state index contributed by atoms with van der Waals surface area (Å²) in [6, 6.07) is 20.2. The van der Waals surface area contributed by atoms with Gasteiger partial charge in [0, 0.05) is 18.5 Å². The highest BCUT2D eigenvalue weighted by molar-refractivity contribution is 5.86. The Labute approximate surface area is 191 Å². The Bertz CT molecular complexity index is 1020. The molecule has 0 aliphatic carbocycles. The number of nitrogens with one attached hydrogen (secondary N) is 1. The second-order valence-corrected chi connectivity index (χ2v) is 8.41. The highest BCUT2D eigenvalue weighted by atomic mass is 19.1. The Kier molecular flexibility index (Phi) is 8.40. The number of nitrogens with zero attached hydrogens (tertiary/aromatic N) is 1. The summed E-state index contributed by atoms with van der Waals surface area (Å²) >= 11 is 0. The average Bonchev–Trinajstić information content (AvgIpc) is 2.82. The number of carbonyl (C=O) groups excluding carboxylic acids is 1. The number of piperidine rings is 1. The van der Waals surface area contributed by atoms with Crippen LogP contribution in [-0.2, 0) is 11.3 Å². The Morgan fingerprint density at radius 1 is 1.06 bits per heavy atom. The highest BCUT2D eigenvalue weighted by Crippen LogP contribution is 2.31. The first-order chi connectivity index (χ1) is 15.5. The predicted octanol–water partition coefficient (Wildman–Crippen LogP) is 6.40. The zero-order valence-electron chi connectivity index (χ0n) is 19.7. The van der Waals surface area contributed by atoms with Gasteiger partial charge in [-0.05, 0) is 79.4 Å². The number of likely N-dealkylation sites (tertiary alicyclic amines) is 1. The van der Waals surface area contributed by atoms with E-state index in [4.69, 9.17) is 0 Å². The van der Waals surface area contributed by atoms with Crippen LogP contribution in [0.4, 0.5) is 4.39 Å². The lowest BCUT2D eigenvalue weighted by atomic mass is 9.92. The molecule has 0 radical (unpaired) electrons. The molecule has 1 atom stereocenters. The van der Waals surface area contributed by atoms with Crippen LogP contribution in [0.3, 0.4) is 0 Å². The van der Waals surface area contributed by atoms with Crippen LogP contribution in [0.25, 0.3) is 10.8 Å². The SMILES string of the molecule is CC.Cc1cc(F)cc(CNC(=O)C2CCN(C(C)c3cccc4ccccc34)CC2)c1. The van der Waals surface area contributed by atoms with Gasteiger partial charge in [0.15, 0.2) is 0 Å². The normalized spacial score (nSPS) is 15.7. The van der Waals surface area contributed by atoms with Crippen molar-refractivity contribution in [2.45, 2.75) is 53.1 Å². The third-order valence-electron chi connectivity index (χ3n) is 6.29.